The quantitative estimate of drug-likeness (QED) is 0.171. The van der Waals surface area contributed by atoms with Crippen molar-refractivity contribution in [3.05, 3.63) is 0 Å². The van der Waals surface area contributed by atoms with Gasteiger partial charge in [-0.3, -0.25) is 10.2 Å². The van der Waals surface area contributed by atoms with Crippen LogP contribution >= 0.6 is 0 Å². The average molecular weight is 202 g/mol. The second-order valence-corrected chi connectivity index (χ2v) is 3.07. The summed E-state index contributed by atoms with van der Waals surface area (Å²) in [7, 11) is 0. The van der Waals surface area contributed by atoms with Crippen LogP contribution in [0.4, 0.5) is 4.79 Å². The third kappa shape index (κ3) is 7.54. The first-order chi connectivity index (χ1) is 6.70. The predicted octanol–water partition coefficient (Wildman–Crippen LogP) is 1.47. The van der Waals surface area contributed by atoms with E-state index in [1.165, 1.54) is 12.8 Å². The van der Waals surface area contributed by atoms with Gasteiger partial charge >= 0.3 is 12.1 Å². The van der Waals surface area contributed by atoms with Gasteiger partial charge in [-0.1, -0.05) is 32.6 Å². The van der Waals surface area contributed by atoms with E-state index in [-0.39, 0.29) is 6.42 Å². The molecule has 3 N–H and O–H groups in total. The molecule has 0 saturated carbocycles. The van der Waals surface area contributed by atoms with Gasteiger partial charge in [-0.15, -0.1) is 0 Å². The highest BCUT2D eigenvalue weighted by molar-refractivity contribution is 5.84. The number of amides is 1. The number of esters is 1. The fraction of sp³-hybridized carbons (Fsp3) is 0.778. The van der Waals surface area contributed by atoms with Gasteiger partial charge in [-0.25, -0.2) is 10.6 Å². The summed E-state index contributed by atoms with van der Waals surface area (Å²) in [5, 5.41) is 0. The number of hydrogen-bond donors (Lipinski definition) is 2. The number of rotatable bonds is 6. The van der Waals surface area contributed by atoms with Gasteiger partial charge in [0, 0.05) is 6.42 Å². The molecule has 0 saturated heterocycles. The second-order valence-electron chi connectivity index (χ2n) is 3.07. The molecule has 0 radical (unpaired) electrons. The van der Waals surface area contributed by atoms with Gasteiger partial charge in [0.2, 0.25) is 0 Å². The Balaban J connectivity index is 3.31. The maximum Gasteiger partial charge on any atom is 0.429 e. The van der Waals surface area contributed by atoms with Crippen LogP contribution in [0.25, 0.3) is 0 Å². The Morgan fingerprint density at radius 1 is 1.21 bits per heavy atom. The van der Waals surface area contributed by atoms with Crippen molar-refractivity contribution in [2.24, 2.45) is 5.84 Å². The number of ether oxygens (including phenoxy) is 1. The Kier molecular flexibility index (Phi) is 7.83. The summed E-state index contributed by atoms with van der Waals surface area (Å²) in [6, 6.07) is 0. The van der Waals surface area contributed by atoms with Crippen LogP contribution in [0.3, 0.4) is 0 Å². The van der Waals surface area contributed by atoms with E-state index in [4.69, 9.17) is 5.84 Å². The van der Waals surface area contributed by atoms with Gasteiger partial charge in [-0.2, -0.15) is 0 Å². The fourth-order valence-electron chi connectivity index (χ4n) is 1.06. The first-order valence-electron chi connectivity index (χ1n) is 4.92. The first-order valence-corrected chi connectivity index (χ1v) is 4.92. The largest absolute Gasteiger partial charge is 0.429 e. The van der Waals surface area contributed by atoms with E-state index < -0.39 is 12.1 Å². The summed E-state index contributed by atoms with van der Waals surface area (Å²) in [4.78, 5) is 21.4. The number of carbonyl (C=O) groups excluding carboxylic acids is 2. The van der Waals surface area contributed by atoms with Crippen LogP contribution in [0.5, 0.6) is 0 Å². The van der Waals surface area contributed by atoms with Gasteiger partial charge in [-0.05, 0) is 6.42 Å². The Labute approximate surface area is 84.0 Å². The molecule has 0 fully saturated rings. The number of carbonyl (C=O) groups is 2. The van der Waals surface area contributed by atoms with Crippen LogP contribution < -0.4 is 11.3 Å². The lowest BCUT2D eigenvalue weighted by molar-refractivity contribution is -0.137. The van der Waals surface area contributed by atoms with E-state index in [0.717, 1.165) is 19.3 Å². The molecule has 0 rings (SSSR count). The number of hydrazine groups is 1. The Morgan fingerprint density at radius 2 is 1.86 bits per heavy atom. The summed E-state index contributed by atoms with van der Waals surface area (Å²) in [6.45, 7) is 2.12. The number of hydrogen-bond acceptors (Lipinski definition) is 4. The topological polar surface area (TPSA) is 81.4 Å². The summed E-state index contributed by atoms with van der Waals surface area (Å²) < 4.78 is 4.29. The van der Waals surface area contributed by atoms with E-state index in [1.54, 1.807) is 5.43 Å². The Hall–Kier alpha value is -1.10. The molecule has 0 aliphatic carbocycles. The number of nitrogens with one attached hydrogen (secondary N) is 1. The monoisotopic (exact) mass is 202 g/mol. The zero-order valence-electron chi connectivity index (χ0n) is 8.54. The molecule has 0 aliphatic rings. The van der Waals surface area contributed by atoms with Crippen LogP contribution in [-0.2, 0) is 9.53 Å². The van der Waals surface area contributed by atoms with Crippen molar-refractivity contribution in [2.75, 3.05) is 0 Å². The van der Waals surface area contributed by atoms with Crippen molar-refractivity contribution in [3.8, 4) is 0 Å². The summed E-state index contributed by atoms with van der Waals surface area (Å²) in [5.41, 5.74) is 1.72. The van der Waals surface area contributed by atoms with E-state index >= 15 is 0 Å². The van der Waals surface area contributed by atoms with Crippen LogP contribution in [0, 0.1) is 0 Å². The summed E-state index contributed by atoms with van der Waals surface area (Å²) in [5.74, 6) is 4.21. The van der Waals surface area contributed by atoms with Crippen LogP contribution in [0.2, 0.25) is 0 Å². The van der Waals surface area contributed by atoms with E-state index in [9.17, 15) is 9.59 Å². The Bertz CT molecular complexity index is 183. The molecule has 0 aromatic carbocycles. The molecule has 0 aromatic heterocycles. The molecule has 1 amide bonds. The molecule has 0 aromatic rings. The molecular weight excluding hydrogens is 184 g/mol. The predicted molar refractivity (Wildman–Crippen MR) is 52.2 cm³/mol. The van der Waals surface area contributed by atoms with Gasteiger partial charge in [0.15, 0.2) is 0 Å². The van der Waals surface area contributed by atoms with E-state index in [0.29, 0.717) is 0 Å². The number of unbranched alkanes of at least 4 members (excludes halogenated alkanes) is 4. The van der Waals surface area contributed by atoms with E-state index in [1.807, 2.05) is 0 Å². The van der Waals surface area contributed by atoms with Crippen molar-refractivity contribution >= 4 is 12.1 Å². The van der Waals surface area contributed by atoms with Crippen molar-refractivity contribution in [2.45, 2.75) is 45.4 Å². The normalized spacial score (nSPS) is 9.57. The molecule has 5 nitrogen and oxygen atoms in total. The van der Waals surface area contributed by atoms with Crippen LogP contribution in [-0.4, -0.2) is 12.1 Å². The molecule has 5 heteroatoms. The molecule has 82 valence electrons. The molecule has 0 atom stereocenters. The third-order valence-corrected chi connectivity index (χ3v) is 1.81. The molecule has 0 aliphatic heterocycles. The van der Waals surface area contributed by atoms with Gasteiger partial charge < -0.3 is 4.74 Å². The molecule has 0 bridgehead atoms. The lowest BCUT2D eigenvalue weighted by Crippen LogP contribution is -2.32. The highest BCUT2D eigenvalue weighted by Crippen LogP contribution is 2.05. The highest BCUT2D eigenvalue weighted by Gasteiger charge is 2.07. The summed E-state index contributed by atoms with van der Waals surface area (Å²) in [6.07, 6.45) is 4.59. The van der Waals surface area contributed by atoms with Crippen molar-refractivity contribution in [1.29, 1.82) is 0 Å². The van der Waals surface area contributed by atoms with Crippen molar-refractivity contribution < 1.29 is 14.3 Å². The zero-order chi connectivity index (χ0) is 10.8. The van der Waals surface area contributed by atoms with Crippen LogP contribution in [0.1, 0.15) is 45.4 Å². The fourth-order valence-corrected chi connectivity index (χ4v) is 1.06. The third-order valence-electron chi connectivity index (χ3n) is 1.81. The van der Waals surface area contributed by atoms with Crippen molar-refractivity contribution in [1.82, 2.24) is 5.43 Å². The van der Waals surface area contributed by atoms with Crippen LogP contribution in [0.15, 0.2) is 0 Å². The molecule has 0 unspecified atom stereocenters. The van der Waals surface area contributed by atoms with Crippen molar-refractivity contribution in [3.63, 3.8) is 0 Å². The van der Waals surface area contributed by atoms with E-state index in [2.05, 4.69) is 11.7 Å². The minimum atomic E-state index is -0.899. The average Bonchev–Trinajstić information content (AvgIpc) is 2.17. The van der Waals surface area contributed by atoms with Gasteiger partial charge in [0.05, 0.1) is 0 Å². The van der Waals surface area contributed by atoms with Gasteiger partial charge in [0.1, 0.15) is 0 Å². The SMILES string of the molecule is CCCCCCCC(=O)OC(=O)NN. The molecular formula is C9H18N2O3. The standard InChI is InChI=1S/C9H18N2O3/c1-2-3-4-5-6-7-8(12)14-9(13)11-10/h2-7,10H2,1H3,(H,11,13). The minimum absolute atomic E-state index is 0.275. The zero-order valence-corrected chi connectivity index (χ0v) is 8.54. The van der Waals surface area contributed by atoms with Gasteiger partial charge in [0.25, 0.3) is 0 Å². The second kappa shape index (κ2) is 8.50. The minimum Gasteiger partial charge on any atom is -0.375 e. The highest BCUT2D eigenvalue weighted by atomic mass is 16.6. The molecule has 0 spiro atoms. The molecule has 0 heterocycles. The first kappa shape index (κ1) is 12.9. The maximum absolute atomic E-state index is 10.9. The summed E-state index contributed by atoms with van der Waals surface area (Å²) >= 11 is 0. The number of nitrogens with two attached hydrogens (primary N) is 1. The Morgan fingerprint density at radius 3 is 2.43 bits per heavy atom. The smallest absolute Gasteiger partial charge is 0.375 e. The molecule has 14 heavy (non-hydrogen) atoms. The lowest BCUT2D eigenvalue weighted by Gasteiger charge is -2.01. The lowest BCUT2D eigenvalue weighted by atomic mass is 10.1. The maximum atomic E-state index is 10.9.